The van der Waals surface area contributed by atoms with E-state index in [-0.39, 0.29) is 5.56 Å². The summed E-state index contributed by atoms with van der Waals surface area (Å²) in [6.07, 6.45) is 0. The lowest BCUT2D eigenvalue weighted by atomic mass is 10.1. The fourth-order valence-electron chi connectivity index (χ4n) is 4.74. The molecule has 0 amide bonds. The van der Waals surface area contributed by atoms with Gasteiger partial charge in [-0.3, -0.25) is 0 Å². The maximum atomic E-state index is 14.5. The number of hydrogen-bond donors (Lipinski definition) is 3. The molecule has 0 aliphatic carbocycles. The standard InChI is InChI=1S/C27H26F2N6/c1-30-18-13-20(26(29)21(28)14-18)27-32-22-6-4-17(12-25(22)33-27)23-11-16-3-5-19(15-24(16)31-23)35-9-7-34(2)8-10-35/h3-6,11-15,30-31H,7-10H2,1-2H3,(H,32,33). The molecular formula is C27H26F2N6. The molecule has 8 heteroatoms. The van der Waals surface area contributed by atoms with Gasteiger partial charge in [0.25, 0.3) is 0 Å². The summed E-state index contributed by atoms with van der Waals surface area (Å²) in [4.78, 5) is 16.0. The van der Waals surface area contributed by atoms with Crippen LogP contribution in [0.3, 0.4) is 0 Å². The molecule has 35 heavy (non-hydrogen) atoms. The first-order valence-corrected chi connectivity index (χ1v) is 11.7. The number of rotatable bonds is 4. The molecule has 1 saturated heterocycles. The van der Waals surface area contributed by atoms with Crippen LogP contribution in [0.15, 0.2) is 54.6 Å². The van der Waals surface area contributed by atoms with Crippen LogP contribution in [0.5, 0.6) is 0 Å². The number of likely N-dealkylation sites (N-methyl/N-ethyl adjacent to an activating group) is 1. The third-order valence-electron chi connectivity index (χ3n) is 6.84. The van der Waals surface area contributed by atoms with E-state index in [1.807, 2.05) is 18.2 Å². The van der Waals surface area contributed by atoms with Gasteiger partial charge in [-0.1, -0.05) is 12.1 Å². The summed E-state index contributed by atoms with van der Waals surface area (Å²) in [5, 5.41) is 3.99. The van der Waals surface area contributed by atoms with Crippen molar-refractivity contribution in [2.75, 3.05) is 50.5 Å². The van der Waals surface area contributed by atoms with Gasteiger partial charge in [0.1, 0.15) is 5.82 Å². The minimum atomic E-state index is -0.921. The van der Waals surface area contributed by atoms with Crippen LogP contribution in [0, 0.1) is 11.6 Å². The number of benzene rings is 3. The monoisotopic (exact) mass is 472 g/mol. The molecule has 6 nitrogen and oxygen atoms in total. The highest BCUT2D eigenvalue weighted by Gasteiger charge is 2.17. The van der Waals surface area contributed by atoms with Gasteiger partial charge in [0.05, 0.1) is 16.6 Å². The number of fused-ring (bicyclic) bond motifs is 2. The smallest absolute Gasteiger partial charge is 0.169 e. The van der Waals surface area contributed by atoms with Crippen molar-refractivity contribution in [1.82, 2.24) is 19.9 Å². The van der Waals surface area contributed by atoms with Gasteiger partial charge in [-0.15, -0.1) is 0 Å². The maximum Gasteiger partial charge on any atom is 0.169 e. The normalized spacial score (nSPS) is 14.8. The minimum absolute atomic E-state index is 0.0918. The van der Waals surface area contributed by atoms with Crippen molar-refractivity contribution in [3.8, 4) is 22.6 Å². The molecule has 3 aromatic carbocycles. The first-order valence-electron chi connectivity index (χ1n) is 11.7. The predicted octanol–water partition coefficient (Wildman–Crippen LogP) is 5.45. The number of piperazine rings is 1. The van der Waals surface area contributed by atoms with E-state index in [0.717, 1.165) is 59.9 Å². The van der Waals surface area contributed by atoms with Gasteiger partial charge < -0.3 is 25.1 Å². The lowest BCUT2D eigenvalue weighted by molar-refractivity contribution is 0.313. The van der Waals surface area contributed by atoms with Crippen molar-refractivity contribution in [2.45, 2.75) is 0 Å². The van der Waals surface area contributed by atoms with E-state index >= 15 is 0 Å². The minimum Gasteiger partial charge on any atom is -0.388 e. The van der Waals surface area contributed by atoms with E-state index in [2.05, 4.69) is 61.4 Å². The molecule has 0 bridgehead atoms. The fourth-order valence-corrected chi connectivity index (χ4v) is 4.74. The van der Waals surface area contributed by atoms with Gasteiger partial charge in [-0.05, 0) is 43.4 Å². The third-order valence-corrected chi connectivity index (χ3v) is 6.84. The van der Waals surface area contributed by atoms with Crippen molar-refractivity contribution >= 4 is 33.3 Å². The van der Waals surface area contributed by atoms with Crippen LogP contribution in [0.2, 0.25) is 0 Å². The highest BCUT2D eigenvalue weighted by Crippen LogP contribution is 2.32. The van der Waals surface area contributed by atoms with E-state index in [9.17, 15) is 8.78 Å². The van der Waals surface area contributed by atoms with Crippen LogP contribution in [0.25, 0.3) is 44.6 Å². The Morgan fingerprint density at radius 3 is 2.51 bits per heavy atom. The number of nitrogens with zero attached hydrogens (tertiary/aromatic N) is 3. The number of imidazole rings is 1. The second-order valence-corrected chi connectivity index (χ2v) is 9.13. The van der Waals surface area contributed by atoms with Crippen LogP contribution in [0.1, 0.15) is 0 Å². The Balaban J connectivity index is 1.34. The van der Waals surface area contributed by atoms with Crippen molar-refractivity contribution in [1.29, 1.82) is 0 Å². The summed E-state index contributed by atoms with van der Waals surface area (Å²) in [5.41, 5.74) is 6.30. The van der Waals surface area contributed by atoms with Crippen molar-refractivity contribution < 1.29 is 8.78 Å². The number of hydrogen-bond acceptors (Lipinski definition) is 4. The second-order valence-electron chi connectivity index (χ2n) is 9.13. The first-order chi connectivity index (χ1) is 17.0. The van der Waals surface area contributed by atoms with Crippen LogP contribution < -0.4 is 10.2 Å². The second kappa shape index (κ2) is 8.39. The fraction of sp³-hybridized carbons (Fsp3) is 0.222. The molecule has 3 N–H and O–H groups in total. The Morgan fingerprint density at radius 1 is 0.886 bits per heavy atom. The SMILES string of the molecule is CNc1cc(F)c(F)c(-c2nc3ccc(-c4cc5ccc(N6CCN(C)CC6)cc5[nH]4)cc3[nH]2)c1. The zero-order valence-electron chi connectivity index (χ0n) is 19.6. The molecule has 0 saturated carbocycles. The van der Waals surface area contributed by atoms with E-state index in [1.54, 1.807) is 13.1 Å². The van der Waals surface area contributed by atoms with Gasteiger partial charge in [0, 0.05) is 72.8 Å². The Bertz CT molecular complexity index is 1540. The summed E-state index contributed by atoms with van der Waals surface area (Å²) in [5.74, 6) is -1.55. The van der Waals surface area contributed by atoms with Gasteiger partial charge >= 0.3 is 0 Å². The Labute approximate surface area is 201 Å². The average Bonchev–Trinajstić information content (AvgIpc) is 3.49. The van der Waals surface area contributed by atoms with E-state index in [1.165, 1.54) is 5.69 Å². The zero-order chi connectivity index (χ0) is 24.1. The average molecular weight is 473 g/mol. The first kappa shape index (κ1) is 21.6. The summed E-state index contributed by atoms with van der Waals surface area (Å²) in [6, 6.07) is 17.2. The summed E-state index contributed by atoms with van der Waals surface area (Å²) < 4.78 is 28.6. The predicted molar refractivity (Wildman–Crippen MR) is 138 cm³/mol. The van der Waals surface area contributed by atoms with Crippen molar-refractivity contribution in [2.24, 2.45) is 0 Å². The number of aromatic nitrogens is 3. The number of aromatic amines is 2. The topological polar surface area (TPSA) is 63.0 Å². The Morgan fingerprint density at radius 2 is 1.71 bits per heavy atom. The Hall–Kier alpha value is -3.91. The van der Waals surface area contributed by atoms with Gasteiger partial charge in [-0.2, -0.15) is 0 Å². The number of anilines is 2. The molecule has 178 valence electrons. The molecule has 2 aromatic heterocycles. The van der Waals surface area contributed by atoms with Crippen LogP contribution in [0.4, 0.5) is 20.2 Å². The quantitative estimate of drug-likeness (QED) is 0.326. The molecule has 1 aliphatic heterocycles. The number of halogens is 2. The molecular weight excluding hydrogens is 446 g/mol. The molecule has 1 aliphatic rings. The third kappa shape index (κ3) is 3.89. The summed E-state index contributed by atoms with van der Waals surface area (Å²) in [6.45, 7) is 4.18. The van der Waals surface area contributed by atoms with E-state index < -0.39 is 11.6 Å². The van der Waals surface area contributed by atoms with Crippen LogP contribution in [-0.2, 0) is 0 Å². The molecule has 0 spiro atoms. The largest absolute Gasteiger partial charge is 0.388 e. The van der Waals surface area contributed by atoms with Gasteiger partial charge in [0.2, 0.25) is 0 Å². The van der Waals surface area contributed by atoms with Crippen molar-refractivity contribution in [3.05, 3.63) is 66.2 Å². The summed E-state index contributed by atoms with van der Waals surface area (Å²) in [7, 11) is 3.82. The molecule has 6 rings (SSSR count). The molecule has 0 unspecified atom stereocenters. The maximum absolute atomic E-state index is 14.5. The van der Waals surface area contributed by atoms with Gasteiger partial charge in [-0.25, -0.2) is 13.8 Å². The zero-order valence-corrected chi connectivity index (χ0v) is 19.6. The molecule has 0 atom stereocenters. The van der Waals surface area contributed by atoms with Crippen LogP contribution in [-0.4, -0.2) is 60.1 Å². The number of H-pyrrole nitrogens is 2. The number of nitrogens with one attached hydrogen (secondary N) is 3. The lowest BCUT2D eigenvalue weighted by Gasteiger charge is -2.34. The highest BCUT2D eigenvalue weighted by molar-refractivity contribution is 5.91. The summed E-state index contributed by atoms with van der Waals surface area (Å²) >= 11 is 0. The highest BCUT2D eigenvalue weighted by atomic mass is 19.2. The molecule has 0 radical (unpaired) electrons. The molecule has 1 fully saturated rings. The van der Waals surface area contributed by atoms with Crippen LogP contribution >= 0.6 is 0 Å². The van der Waals surface area contributed by atoms with E-state index in [0.29, 0.717) is 17.0 Å². The lowest BCUT2D eigenvalue weighted by Crippen LogP contribution is -2.44. The molecule has 3 heterocycles. The van der Waals surface area contributed by atoms with Crippen molar-refractivity contribution in [3.63, 3.8) is 0 Å². The Kier molecular flexibility index (Phi) is 5.18. The van der Waals surface area contributed by atoms with E-state index in [4.69, 9.17) is 0 Å². The molecule has 5 aromatic rings. The van der Waals surface area contributed by atoms with Gasteiger partial charge in [0.15, 0.2) is 11.6 Å².